The largest absolute Gasteiger partial charge is 0.446 e. The Morgan fingerprint density at radius 1 is 1.29 bits per heavy atom. The smallest absolute Gasteiger partial charge is 0.198 e. The topological polar surface area (TPSA) is 26.0 Å². The maximum absolute atomic E-state index is 5.40. The second-order valence-electron chi connectivity index (χ2n) is 3.17. The van der Waals surface area contributed by atoms with Gasteiger partial charge in [0.25, 0.3) is 0 Å². The van der Waals surface area contributed by atoms with Gasteiger partial charge in [0, 0.05) is 9.99 Å². The summed E-state index contributed by atoms with van der Waals surface area (Å²) in [6.45, 7) is 1.91. The third-order valence-electron chi connectivity index (χ3n) is 1.94. The molecule has 0 unspecified atom stereocenters. The fourth-order valence-corrected chi connectivity index (χ4v) is 1.62. The number of aromatic nitrogens is 1. The molecule has 72 valence electrons. The van der Waals surface area contributed by atoms with Gasteiger partial charge in [-0.15, -0.1) is 0 Å². The van der Waals surface area contributed by atoms with Gasteiger partial charge in [0.1, 0.15) is 5.76 Å². The van der Waals surface area contributed by atoms with E-state index in [9.17, 15) is 0 Å². The lowest BCUT2D eigenvalue weighted by Crippen LogP contribution is -1.87. The molecule has 0 spiro atoms. The number of rotatable bonds is 2. The lowest BCUT2D eigenvalue weighted by atomic mass is 10.1. The lowest BCUT2D eigenvalue weighted by molar-refractivity contribution is 0.481. The van der Waals surface area contributed by atoms with Crippen molar-refractivity contribution in [3.63, 3.8) is 0 Å². The number of oxazole rings is 1. The first kappa shape index (κ1) is 9.71. The van der Waals surface area contributed by atoms with Crippen LogP contribution in [0.3, 0.4) is 0 Å². The average Bonchev–Trinajstić information content (AvgIpc) is 2.56. The molecule has 0 saturated heterocycles. The molecule has 1 aromatic carbocycles. The minimum Gasteiger partial charge on any atom is -0.446 e. The van der Waals surface area contributed by atoms with Crippen molar-refractivity contribution in [1.82, 2.24) is 4.98 Å². The Balaban J connectivity index is 2.15. The molecule has 3 heteroatoms. The van der Waals surface area contributed by atoms with Crippen molar-refractivity contribution in [3.05, 3.63) is 51.2 Å². The van der Waals surface area contributed by atoms with E-state index < -0.39 is 0 Å². The van der Waals surface area contributed by atoms with Gasteiger partial charge in [0.2, 0.25) is 0 Å². The number of nitrogens with zero attached hydrogens (tertiary/aromatic N) is 1. The molecule has 0 aliphatic carbocycles. The highest BCUT2D eigenvalue weighted by atomic mass is 127. The maximum atomic E-state index is 5.40. The molecular formula is C11H10INO. The second kappa shape index (κ2) is 4.13. The van der Waals surface area contributed by atoms with Crippen LogP contribution in [0, 0.1) is 10.5 Å². The van der Waals surface area contributed by atoms with Crippen LogP contribution in [0.4, 0.5) is 0 Å². The maximum Gasteiger partial charge on any atom is 0.198 e. The molecule has 0 aliphatic rings. The van der Waals surface area contributed by atoms with Crippen LogP contribution in [0.1, 0.15) is 17.2 Å². The molecule has 1 heterocycles. The van der Waals surface area contributed by atoms with Crippen LogP contribution >= 0.6 is 22.6 Å². The second-order valence-corrected chi connectivity index (χ2v) is 4.41. The van der Waals surface area contributed by atoms with Crippen molar-refractivity contribution in [2.24, 2.45) is 0 Å². The van der Waals surface area contributed by atoms with Crippen molar-refractivity contribution in [3.8, 4) is 0 Å². The summed E-state index contributed by atoms with van der Waals surface area (Å²) < 4.78 is 6.65. The Kier molecular flexibility index (Phi) is 2.86. The van der Waals surface area contributed by atoms with Crippen molar-refractivity contribution >= 4 is 22.6 Å². The molecule has 0 saturated carbocycles. The van der Waals surface area contributed by atoms with E-state index in [1.54, 1.807) is 6.20 Å². The summed E-state index contributed by atoms with van der Waals surface area (Å²) in [7, 11) is 0. The molecule has 2 nitrogen and oxygen atoms in total. The zero-order valence-corrected chi connectivity index (χ0v) is 9.98. The van der Waals surface area contributed by atoms with Crippen molar-refractivity contribution < 1.29 is 4.42 Å². The molecular weight excluding hydrogens is 289 g/mol. The summed E-state index contributed by atoms with van der Waals surface area (Å²) in [6.07, 6.45) is 2.52. The van der Waals surface area contributed by atoms with Gasteiger partial charge in [-0.3, -0.25) is 0 Å². The van der Waals surface area contributed by atoms with Crippen LogP contribution in [-0.2, 0) is 6.42 Å². The summed E-state index contributed by atoms with van der Waals surface area (Å²) >= 11 is 2.29. The molecule has 2 aromatic rings. The highest BCUT2D eigenvalue weighted by Crippen LogP contribution is 2.11. The molecule has 0 radical (unpaired) electrons. The van der Waals surface area contributed by atoms with Gasteiger partial charge >= 0.3 is 0 Å². The van der Waals surface area contributed by atoms with E-state index >= 15 is 0 Å². The summed E-state index contributed by atoms with van der Waals surface area (Å²) in [5.74, 6) is 1.65. The van der Waals surface area contributed by atoms with Crippen LogP contribution < -0.4 is 0 Å². The third kappa shape index (κ3) is 2.35. The lowest BCUT2D eigenvalue weighted by Gasteiger charge is -1.97. The van der Waals surface area contributed by atoms with E-state index in [0.29, 0.717) is 0 Å². The number of benzene rings is 1. The molecule has 0 atom stereocenters. The number of hydrogen-bond acceptors (Lipinski definition) is 2. The van der Waals surface area contributed by atoms with Crippen LogP contribution in [0.25, 0.3) is 0 Å². The zero-order chi connectivity index (χ0) is 9.97. The molecule has 0 N–H and O–H groups in total. The first-order valence-corrected chi connectivity index (χ1v) is 5.47. The van der Waals surface area contributed by atoms with Crippen molar-refractivity contribution in [1.29, 1.82) is 0 Å². The van der Waals surface area contributed by atoms with Gasteiger partial charge in [-0.1, -0.05) is 12.1 Å². The summed E-state index contributed by atoms with van der Waals surface area (Å²) in [6, 6.07) is 8.37. The summed E-state index contributed by atoms with van der Waals surface area (Å²) in [5.41, 5.74) is 1.23. The molecule has 14 heavy (non-hydrogen) atoms. The van der Waals surface area contributed by atoms with E-state index in [0.717, 1.165) is 18.1 Å². The van der Waals surface area contributed by atoms with Crippen LogP contribution in [0.2, 0.25) is 0 Å². The van der Waals surface area contributed by atoms with Crippen LogP contribution in [-0.4, -0.2) is 4.98 Å². The van der Waals surface area contributed by atoms with Crippen LogP contribution in [0.15, 0.2) is 34.9 Å². The van der Waals surface area contributed by atoms with Gasteiger partial charge in [-0.05, 0) is 47.2 Å². The Morgan fingerprint density at radius 2 is 2.00 bits per heavy atom. The van der Waals surface area contributed by atoms with Gasteiger partial charge in [0.05, 0.1) is 6.20 Å². The van der Waals surface area contributed by atoms with E-state index in [4.69, 9.17) is 4.42 Å². The fraction of sp³-hybridized carbons (Fsp3) is 0.182. The highest BCUT2D eigenvalue weighted by Gasteiger charge is 2.01. The van der Waals surface area contributed by atoms with E-state index in [1.807, 2.05) is 6.92 Å². The molecule has 2 rings (SSSR count). The van der Waals surface area contributed by atoms with E-state index in [2.05, 4.69) is 51.8 Å². The number of aryl methyl sites for hydroxylation is 1. The molecule has 0 bridgehead atoms. The first-order chi connectivity index (χ1) is 6.74. The van der Waals surface area contributed by atoms with Gasteiger partial charge < -0.3 is 4.42 Å². The molecule has 0 fully saturated rings. The summed E-state index contributed by atoms with van der Waals surface area (Å²) in [5, 5.41) is 0. The number of halogens is 1. The first-order valence-electron chi connectivity index (χ1n) is 4.40. The minimum atomic E-state index is 0.769. The predicted molar refractivity (Wildman–Crippen MR) is 63.2 cm³/mol. The van der Waals surface area contributed by atoms with Gasteiger partial charge in [-0.2, -0.15) is 0 Å². The van der Waals surface area contributed by atoms with Gasteiger partial charge in [-0.25, -0.2) is 4.98 Å². The normalized spacial score (nSPS) is 10.4. The van der Waals surface area contributed by atoms with Crippen molar-refractivity contribution in [2.45, 2.75) is 13.3 Å². The Morgan fingerprint density at radius 3 is 2.57 bits per heavy atom. The fourth-order valence-electron chi connectivity index (χ4n) is 1.26. The Bertz CT molecular complexity index is 419. The number of hydrogen-bond donors (Lipinski definition) is 0. The molecule has 0 aliphatic heterocycles. The Labute approximate surface area is 96.5 Å². The molecule has 0 amide bonds. The average molecular weight is 299 g/mol. The molecule has 1 aromatic heterocycles. The van der Waals surface area contributed by atoms with E-state index in [1.165, 1.54) is 9.13 Å². The highest BCUT2D eigenvalue weighted by molar-refractivity contribution is 14.1. The Hall–Kier alpha value is -0.840. The van der Waals surface area contributed by atoms with Gasteiger partial charge in [0.15, 0.2) is 5.89 Å². The third-order valence-corrected chi connectivity index (χ3v) is 2.66. The monoisotopic (exact) mass is 299 g/mol. The quantitative estimate of drug-likeness (QED) is 0.796. The summed E-state index contributed by atoms with van der Waals surface area (Å²) in [4.78, 5) is 4.16. The minimum absolute atomic E-state index is 0.769. The predicted octanol–water partition coefficient (Wildman–Crippen LogP) is 3.18. The van der Waals surface area contributed by atoms with E-state index in [-0.39, 0.29) is 0 Å². The SMILES string of the molecule is Cc1cnc(Cc2ccc(I)cc2)o1. The zero-order valence-electron chi connectivity index (χ0n) is 7.83. The van der Waals surface area contributed by atoms with Crippen molar-refractivity contribution in [2.75, 3.05) is 0 Å². The standard InChI is InChI=1S/C11H10INO/c1-8-7-13-11(14-8)6-9-2-4-10(12)5-3-9/h2-5,7H,6H2,1H3. The van der Waals surface area contributed by atoms with Crippen LogP contribution in [0.5, 0.6) is 0 Å².